The van der Waals surface area contributed by atoms with E-state index in [1.807, 2.05) is 0 Å². The lowest BCUT2D eigenvalue weighted by Gasteiger charge is -2.12. The molecule has 0 aliphatic carbocycles. The van der Waals surface area contributed by atoms with Crippen LogP contribution in [0.3, 0.4) is 0 Å². The fourth-order valence-corrected chi connectivity index (χ4v) is 1.60. The van der Waals surface area contributed by atoms with Crippen LogP contribution in [0.1, 0.15) is 21.6 Å². The molecule has 0 bridgehead atoms. The van der Waals surface area contributed by atoms with Crippen molar-refractivity contribution >= 4 is 11.7 Å². The van der Waals surface area contributed by atoms with E-state index in [0.717, 1.165) is 18.2 Å². The number of carboxylic acids is 1. The normalized spacial score (nSPS) is 11.3. The topological polar surface area (TPSA) is 75.4 Å². The van der Waals surface area contributed by atoms with Crippen LogP contribution >= 0.6 is 0 Å². The number of hydrogen-bond acceptors (Lipinski definition) is 4. The number of rotatable bonds is 4. The van der Waals surface area contributed by atoms with Crippen molar-refractivity contribution in [2.75, 3.05) is 5.32 Å². The molecule has 0 aliphatic rings. The molecule has 1 heterocycles. The first kappa shape index (κ1) is 13.9. The van der Waals surface area contributed by atoms with E-state index in [1.54, 1.807) is 6.07 Å². The summed E-state index contributed by atoms with van der Waals surface area (Å²) in [5.74, 6) is -1.64. The summed E-state index contributed by atoms with van der Waals surface area (Å²) in [6.45, 7) is 0.209. The Hall–Kier alpha value is -2.51. The van der Waals surface area contributed by atoms with Gasteiger partial charge in [-0.25, -0.2) is 4.79 Å². The van der Waals surface area contributed by atoms with Gasteiger partial charge in [-0.3, -0.25) is 0 Å². The highest BCUT2D eigenvalue weighted by Gasteiger charge is 2.35. The smallest absolute Gasteiger partial charge is 0.417 e. The van der Waals surface area contributed by atoms with E-state index in [4.69, 9.17) is 5.11 Å². The van der Waals surface area contributed by atoms with Crippen molar-refractivity contribution in [2.45, 2.75) is 12.7 Å². The lowest BCUT2D eigenvalue weighted by atomic mass is 10.1. The molecule has 2 N–H and O–H groups in total. The zero-order chi connectivity index (χ0) is 14.8. The number of carboxylic acid groups (broad SMARTS) is 1. The maximum absolute atomic E-state index is 12.6. The van der Waals surface area contributed by atoms with Crippen LogP contribution < -0.4 is 5.32 Å². The fraction of sp³-hybridized carbons (Fsp3) is 0.167. The maximum atomic E-state index is 12.6. The highest BCUT2D eigenvalue weighted by molar-refractivity contribution is 5.91. The van der Waals surface area contributed by atoms with Gasteiger partial charge in [0.05, 0.1) is 17.7 Å². The third-order valence-corrected chi connectivity index (χ3v) is 2.52. The highest BCUT2D eigenvalue weighted by Crippen LogP contribution is 2.33. The molecule has 20 heavy (non-hydrogen) atoms. The van der Waals surface area contributed by atoms with Crippen LogP contribution in [-0.4, -0.2) is 16.2 Å². The number of carbonyl (C=O) groups is 1. The molecule has 8 heteroatoms. The maximum Gasteiger partial charge on any atom is 0.417 e. The summed E-state index contributed by atoms with van der Waals surface area (Å²) in [4.78, 5) is 10.9. The Morgan fingerprint density at radius 3 is 2.65 bits per heavy atom. The van der Waals surface area contributed by atoms with Gasteiger partial charge in [-0.15, -0.1) is 0 Å². The molecule has 0 radical (unpaired) electrons. The minimum absolute atomic E-state index is 0.209. The number of hydrogen-bond donors (Lipinski definition) is 2. The average molecular weight is 286 g/mol. The lowest BCUT2D eigenvalue weighted by Crippen LogP contribution is -2.13. The van der Waals surface area contributed by atoms with Gasteiger partial charge in [-0.05, 0) is 18.2 Å². The zero-order valence-corrected chi connectivity index (χ0v) is 9.94. The van der Waals surface area contributed by atoms with E-state index >= 15 is 0 Å². The number of nitrogens with zero attached hydrogens (tertiary/aromatic N) is 1. The van der Waals surface area contributed by atoms with E-state index < -0.39 is 23.3 Å². The van der Waals surface area contributed by atoms with Gasteiger partial charge < -0.3 is 14.9 Å². The molecule has 0 fully saturated rings. The van der Waals surface area contributed by atoms with Gasteiger partial charge in [0.15, 0.2) is 0 Å². The van der Waals surface area contributed by atoms with Crippen molar-refractivity contribution in [1.29, 1.82) is 0 Å². The third kappa shape index (κ3) is 3.08. The van der Waals surface area contributed by atoms with E-state index in [-0.39, 0.29) is 12.2 Å². The summed E-state index contributed by atoms with van der Waals surface area (Å²) in [7, 11) is 0. The number of aromatic nitrogens is 1. The first-order valence-electron chi connectivity index (χ1n) is 5.45. The van der Waals surface area contributed by atoms with Crippen molar-refractivity contribution in [1.82, 2.24) is 5.16 Å². The molecule has 106 valence electrons. The molecular formula is C12H9F3N2O3. The summed E-state index contributed by atoms with van der Waals surface area (Å²) in [6.07, 6.45) is -3.36. The third-order valence-electron chi connectivity index (χ3n) is 2.52. The Kier molecular flexibility index (Phi) is 3.64. The summed E-state index contributed by atoms with van der Waals surface area (Å²) in [6, 6.07) is 4.41. The highest BCUT2D eigenvalue weighted by atomic mass is 19.4. The molecule has 0 aliphatic heterocycles. The summed E-state index contributed by atoms with van der Waals surface area (Å²) < 4.78 is 42.5. The SMILES string of the molecule is O=C(O)c1cc(NCc2ccon2)ccc1C(F)(F)F. The molecule has 0 amide bonds. The minimum atomic E-state index is -4.71. The fourth-order valence-electron chi connectivity index (χ4n) is 1.60. The molecule has 0 unspecified atom stereocenters. The average Bonchev–Trinajstić information content (AvgIpc) is 2.88. The quantitative estimate of drug-likeness (QED) is 0.903. The van der Waals surface area contributed by atoms with Crippen LogP contribution in [0.25, 0.3) is 0 Å². The second-order valence-electron chi connectivity index (χ2n) is 3.91. The van der Waals surface area contributed by atoms with Crippen molar-refractivity contribution in [2.24, 2.45) is 0 Å². The first-order chi connectivity index (χ1) is 9.38. The monoisotopic (exact) mass is 286 g/mol. The van der Waals surface area contributed by atoms with Crippen molar-refractivity contribution in [3.05, 3.63) is 47.3 Å². The second-order valence-corrected chi connectivity index (χ2v) is 3.91. The number of aromatic carboxylic acids is 1. The van der Waals surface area contributed by atoms with Crippen molar-refractivity contribution in [3.63, 3.8) is 0 Å². The molecule has 0 saturated heterocycles. The van der Waals surface area contributed by atoms with Gasteiger partial charge in [0.1, 0.15) is 12.0 Å². The van der Waals surface area contributed by atoms with Crippen LogP contribution in [-0.2, 0) is 12.7 Å². The van der Waals surface area contributed by atoms with Gasteiger partial charge >= 0.3 is 12.1 Å². The number of halogens is 3. The molecule has 0 spiro atoms. The lowest BCUT2D eigenvalue weighted by molar-refractivity contribution is -0.138. The molecule has 1 aromatic heterocycles. The molecule has 5 nitrogen and oxygen atoms in total. The molecule has 2 aromatic rings. The summed E-state index contributed by atoms with van der Waals surface area (Å²) >= 11 is 0. The standard InChI is InChI=1S/C12H9F3N2O3/c13-12(14,15)10-2-1-7(5-9(10)11(18)19)16-6-8-3-4-20-17-8/h1-5,16H,6H2,(H,18,19). The van der Waals surface area contributed by atoms with E-state index in [0.29, 0.717) is 5.69 Å². The Morgan fingerprint density at radius 2 is 2.10 bits per heavy atom. The summed E-state index contributed by atoms with van der Waals surface area (Å²) in [5, 5.41) is 15.2. The molecule has 2 rings (SSSR count). The molecular weight excluding hydrogens is 277 g/mol. The number of anilines is 1. The Labute approximate surface area is 111 Å². The zero-order valence-electron chi connectivity index (χ0n) is 9.94. The first-order valence-corrected chi connectivity index (χ1v) is 5.45. The van der Waals surface area contributed by atoms with E-state index in [9.17, 15) is 18.0 Å². The van der Waals surface area contributed by atoms with Crippen LogP contribution in [0.4, 0.5) is 18.9 Å². The van der Waals surface area contributed by atoms with Gasteiger partial charge in [0.2, 0.25) is 0 Å². The van der Waals surface area contributed by atoms with E-state index in [2.05, 4.69) is 15.0 Å². The van der Waals surface area contributed by atoms with Crippen LogP contribution in [0.2, 0.25) is 0 Å². The number of alkyl halides is 3. The number of nitrogens with one attached hydrogen (secondary N) is 1. The molecule has 0 saturated carbocycles. The van der Waals surface area contributed by atoms with Crippen molar-refractivity contribution in [3.8, 4) is 0 Å². The Morgan fingerprint density at radius 1 is 1.35 bits per heavy atom. The molecule has 1 aromatic carbocycles. The minimum Gasteiger partial charge on any atom is -0.478 e. The van der Waals surface area contributed by atoms with Crippen molar-refractivity contribution < 1.29 is 27.6 Å². The van der Waals surface area contributed by atoms with Crippen LogP contribution in [0.15, 0.2) is 35.1 Å². The predicted octanol–water partition coefficient (Wildman–Crippen LogP) is 3.00. The Balaban J connectivity index is 2.24. The largest absolute Gasteiger partial charge is 0.478 e. The Bertz CT molecular complexity index is 609. The van der Waals surface area contributed by atoms with E-state index in [1.165, 1.54) is 6.26 Å². The van der Waals surface area contributed by atoms with Crippen LogP contribution in [0, 0.1) is 0 Å². The van der Waals surface area contributed by atoms with Gasteiger partial charge in [0, 0.05) is 11.8 Å². The van der Waals surface area contributed by atoms with Gasteiger partial charge in [-0.2, -0.15) is 13.2 Å². The summed E-state index contributed by atoms with van der Waals surface area (Å²) in [5.41, 5.74) is -1.19. The second kappa shape index (κ2) is 5.24. The van der Waals surface area contributed by atoms with Gasteiger partial charge in [0.25, 0.3) is 0 Å². The number of benzene rings is 1. The van der Waals surface area contributed by atoms with Crippen LogP contribution in [0.5, 0.6) is 0 Å². The molecule has 0 atom stereocenters. The predicted molar refractivity (Wildman–Crippen MR) is 62.2 cm³/mol. The van der Waals surface area contributed by atoms with Gasteiger partial charge in [-0.1, -0.05) is 5.16 Å².